The summed E-state index contributed by atoms with van der Waals surface area (Å²) in [5.74, 6) is -4.23. The molecular formula is C37H37N3O5. The lowest BCUT2D eigenvalue weighted by Gasteiger charge is -2.50. The van der Waals surface area contributed by atoms with Crippen molar-refractivity contribution in [2.45, 2.75) is 51.4 Å². The largest absolute Gasteiger partial charge is 0.507 e. The molecule has 2 aliphatic carbocycles. The number of nitrogens with zero attached hydrogens (tertiary/aromatic N) is 2. The van der Waals surface area contributed by atoms with E-state index in [4.69, 9.17) is 0 Å². The molecule has 3 fully saturated rings. The number of nitrogens with one attached hydrogen (secondary N) is 1. The van der Waals surface area contributed by atoms with Crippen LogP contribution in [-0.2, 0) is 24.6 Å². The number of allylic oxidation sites excluding steroid dienone is 2. The number of phenols is 1. The summed E-state index contributed by atoms with van der Waals surface area (Å²) < 4.78 is 0. The van der Waals surface area contributed by atoms with E-state index in [-0.39, 0.29) is 29.9 Å². The zero-order chi connectivity index (χ0) is 31.6. The second-order valence-electron chi connectivity index (χ2n) is 12.9. The second kappa shape index (κ2) is 10.7. The molecule has 4 amide bonds. The molecule has 230 valence electrons. The van der Waals surface area contributed by atoms with Crippen LogP contribution in [0.4, 0.5) is 5.69 Å². The standard InChI is InChI=1S/C37H37N3O5/c1-4-19-39-33(42)26-18-17-25-28(30(26)35(39)44)20-29-34(43)40(38-24-15-13-21(2)14-16-24)36(45)37(29,23-10-6-5-7-11-23)31(25)27-12-8-9-22(3)32(27)41/h5-17,26,28-31,38,41H,4,18-20H2,1-3H3/t26-,28+,29-,30-,31+,37+/m0/s1. The van der Waals surface area contributed by atoms with Gasteiger partial charge >= 0.3 is 0 Å². The number of fused-ring (bicyclic) bond motifs is 4. The Hall–Kier alpha value is -4.72. The summed E-state index contributed by atoms with van der Waals surface area (Å²) in [6, 6.07) is 22.3. The van der Waals surface area contributed by atoms with Gasteiger partial charge in [0, 0.05) is 18.0 Å². The van der Waals surface area contributed by atoms with Gasteiger partial charge in [-0.25, -0.2) is 0 Å². The molecule has 0 radical (unpaired) electrons. The Morgan fingerprint density at radius 3 is 2.31 bits per heavy atom. The SMILES string of the molecule is CCCN1C(=O)[C@H]2[C@H](CC=C3[C@H]2C[C@H]2C(=O)N(Nc4ccc(C)cc4)C(=O)[C@@]2(c2ccccc2)[C@H]3c2cccc(C)c2O)C1=O. The molecule has 3 aromatic rings. The smallest absolute Gasteiger partial charge is 0.260 e. The van der Waals surface area contributed by atoms with Crippen LogP contribution >= 0.6 is 0 Å². The zero-order valence-electron chi connectivity index (χ0n) is 25.7. The summed E-state index contributed by atoms with van der Waals surface area (Å²) in [6.45, 7) is 6.08. The number of aromatic hydroxyl groups is 1. The Morgan fingerprint density at radius 1 is 0.867 bits per heavy atom. The van der Waals surface area contributed by atoms with Gasteiger partial charge in [0.25, 0.3) is 11.8 Å². The molecule has 0 unspecified atom stereocenters. The lowest BCUT2D eigenvalue weighted by Crippen LogP contribution is -2.53. The van der Waals surface area contributed by atoms with Crippen molar-refractivity contribution in [3.05, 3.63) is 107 Å². The van der Waals surface area contributed by atoms with Crippen LogP contribution in [0.25, 0.3) is 0 Å². The summed E-state index contributed by atoms with van der Waals surface area (Å²) >= 11 is 0. The maximum atomic E-state index is 15.1. The number of hydrogen-bond acceptors (Lipinski definition) is 6. The van der Waals surface area contributed by atoms with Crippen LogP contribution in [0.1, 0.15) is 54.4 Å². The predicted octanol–water partition coefficient (Wildman–Crippen LogP) is 5.40. The monoisotopic (exact) mass is 603 g/mol. The van der Waals surface area contributed by atoms with Crippen molar-refractivity contribution in [1.29, 1.82) is 0 Å². The van der Waals surface area contributed by atoms with Crippen LogP contribution in [-0.4, -0.2) is 45.2 Å². The Kier molecular flexibility index (Phi) is 6.91. The van der Waals surface area contributed by atoms with Gasteiger partial charge in [-0.05, 0) is 62.3 Å². The van der Waals surface area contributed by atoms with E-state index in [2.05, 4.69) is 5.43 Å². The van der Waals surface area contributed by atoms with Crippen molar-refractivity contribution in [1.82, 2.24) is 9.91 Å². The summed E-state index contributed by atoms with van der Waals surface area (Å²) in [6.07, 6.45) is 3.29. The number of anilines is 1. The number of aryl methyl sites for hydroxylation is 2. The molecule has 3 aromatic carbocycles. The highest BCUT2D eigenvalue weighted by Gasteiger charge is 2.70. The first kappa shape index (κ1) is 29.0. The summed E-state index contributed by atoms with van der Waals surface area (Å²) in [4.78, 5) is 58.5. The van der Waals surface area contributed by atoms with E-state index in [1.165, 1.54) is 4.90 Å². The number of benzene rings is 3. The number of para-hydroxylation sites is 1. The predicted molar refractivity (Wildman–Crippen MR) is 169 cm³/mol. The van der Waals surface area contributed by atoms with Crippen molar-refractivity contribution in [2.24, 2.45) is 23.7 Å². The minimum Gasteiger partial charge on any atom is -0.507 e. The third-order valence-electron chi connectivity index (χ3n) is 10.5. The summed E-state index contributed by atoms with van der Waals surface area (Å²) in [5.41, 5.74) is 6.06. The average Bonchev–Trinajstić information content (AvgIpc) is 3.41. The fourth-order valence-electron chi connectivity index (χ4n) is 8.52. The first-order chi connectivity index (χ1) is 21.7. The van der Waals surface area contributed by atoms with Gasteiger partial charge < -0.3 is 5.11 Å². The van der Waals surface area contributed by atoms with Gasteiger partial charge in [0.05, 0.1) is 28.9 Å². The lowest BCUT2D eigenvalue weighted by atomic mass is 9.49. The van der Waals surface area contributed by atoms with E-state index in [1.54, 1.807) is 0 Å². The van der Waals surface area contributed by atoms with Gasteiger partial charge in [-0.1, -0.05) is 84.8 Å². The highest BCUT2D eigenvalue weighted by Crippen LogP contribution is 2.65. The minimum absolute atomic E-state index is 0.0619. The molecule has 8 nitrogen and oxygen atoms in total. The van der Waals surface area contributed by atoms with E-state index in [1.807, 2.05) is 99.6 Å². The lowest BCUT2D eigenvalue weighted by molar-refractivity contribution is -0.141. The van der Waals surface area contributed by atoms with Gasteiger partial charge in [0.15, 0.2) is 0 Å². The normalized spacial score (nSPS) is 29.0. The van der Waals surface area contributed by atoms with E-state index in [9.17, 15) is 19.5 Å². The molecule has 0 aromatic heterocycles. The van der Waals surface area contributed by atoms with Crippen molar-refractivity contribution < 1.29 is 24.3 Å². The highest BCUT2D eigenvalue weighted by molar-refractivity contribution is 6.13. The summed E-state index contributed by atoms with van der Waals surface area (Å²) in [7, 11) is 0. The van der Waals surface area contributed by atoms with Crippen LogP contribution in [0.5, 0.6) is 5.75 Å². The molecule has 0 spiro atoms. The van der Waals surface area contributed by atoms with E-state index >= 15 is 4.79 Å². The fourth-order valence-corrected chi connectivity index (χ4v) is 8.52. The summed E-state index contributed by atoms with van der Waals surface area (Å²) in [5, 5.41) is 12.8. The third-order valence-corrected chi connectivity index (χ3v) is 10.5. The number of likely N-dealkylation sites (tertiary alicyclic amines) is 1. The fraction of sp³-hybridized carbons (Fsp3) is 0.351. The van der Waals surface area contributed by atoms with E-state index in [0.29, 0.717) is 41.8 Å². The van der Waals surface area contributed by atoms with Crippen molar-refractivity contribution in [3.8, 4) is 5.75 Å². The van der Waals surface area contributed by atoms with Gasteiger partial charge in [-0.3, -0.25) is 29.5 Å². The van der Waals surface area contributed by atoms with Gasteiger partial charge in [-0.2, -0.15) is 5.01 Å². The second-order valence-corrected chi connectivity index (χ2v) is 12.9. The molecule has 4 aliphatic rings. The van der Waals surface area contributed by atoms with Crippen molar-refractivity contribution >= 4 is 29.3 Å². The molecule has 7 rings (SSSR count). The Bertz CT molecular complexity index is 1750. The van der Waals surface area contributed by atoms with Crippen LogP contribution in [0, 0.1) is 37.5 Å². The molecule has 2 saturated heterocycles. The molecule has 2 N–H and O–H groups in total. The molecule has 0 bridgehead atoms. The Morgan fingerprint density at radius 2 is 1.60 bits per heavy atom. The third kappa shape index (κ3) is 4.11. The number of phenolic OH excluding ortho intramolecular Hbond substituents is 1. The topological polar surface area (TPSA) is 107 Å². The first-order valence-corrected chi connectivity index (χ1v) is 15.8. The molecule has 1 saturated carbocycles. The molecule has 6 atom stereocenters. The number of hydrogen-bond donors (Lipinski definition) is 2. The highest BCUT2D eigenvalue weighted by atomic mass is 16.3. The van der Waals surface area contributed by atoms with Crippen LogP contribution in [0.2, 0.25) is 0 Å². The number of carbonyl (C=O) groups excluding carboxylic acids is 4. The zero-order valence-corrected chi connectivity index (χ0v) is 25.7. The molecule has 2 heterocycles. The van der Waals surface area contributed by atoms with Crippen LogP contribution in [0.15, 0.2) is 84.4 Å². The number of imide groups is 2. The number of carbonyl (C=O) groups is 4. The number of rotatable bonds is 6. The minimum atomic E-state index is -1.40. The average molecular weight is 604 g/mol. The van der Waals surface area contributed by atoms with Crippen molar-refractivity contribution in [3.63, 3.8) is 0 Å². The maximum Gasteiger partial charge on any atom is 0.260 e. The van der Waals surface area contributed by atoms with E-state index < -0.39 is 40.9 Å². The number of amides is 4. The maximum absolute atomic E-state index is 15.1. The van der Waals surface area contributed by atoms with Gasteiger partial charge in [0.1, 0.15) is 5.75 Å². The molecule has 8 heteroatoms. The van der Waals surface area contributed by atoms with Gasteiger partial charge in [-0.15, -0.1) is 0 Å². The van der Waals surface area contributed by atoms with E-state index in [0.717, 1.165) is 16.1 Å². The Labute approximate surface area is 262 Å². The molecular weight excluding hydrogens is 566 g/mol. The first-order valence-electron chi connectivity index (χ1n) is 15.8. The molecule has 2 aliphatic heterocycles. The molecule has 45 heavy (non-hydrogen) atoms. The Balaban J connectivity index is 1.46. The van der Waals surface area contributed by atoms with Crippen LogP contribution in [0.3, 0.4) is 0 Å². The van der Waals surface area contributed by atoms with Gasteiger partial charge in [0.2, 0.25) is 11.8 Å². The number of hydrazine groups is 1. The van der Waals surface area contributed by atoms with Crippen LogP contribution < -0.4 is 5.43 Å². The quantitative estimate of drug-likeness (QED) is 0.289. The van der Waals surface area contributed by atoms with Crippen molar-refractivity contribution in [2.75, 3.05) is 12.0 Å².